The van der Waals surface area contributed by atoms with Crippen LogP contribution in [0, 0.1) is 0 Å². The monoisotopic (exact) mass is 297 g/mol. The molecule has 1 aromatic carbocycles. The maximum atomic E-state index is 6.01. The molecule has 0 atom stereocenters. The fraction of sp³-hybridized carbons (Fsp3) is 0.357. The number of aliphatic imine (C=N–C) groups is 1. The number of hydrogen-bond donors (Lipinski definition) is 2. The standard InChI is InChI=1S/C14H20ClN3O2/c1-3-4-8-20-9-7-17-14(16)18-11-5-6-13(19-2)12(15)10-11/h3,5-6,10H,1,4,7-9H2,2H3,(H3,16,17,18). The summed E-state index contributed by atoms with van der Waals surface area (Å²) in [6.45, 7) is 5.30. The van der Waals surface area contributed by atoms with Crippen molar-refractivity contribution in [1.82, 2.24) is 0 Å². The van der Waals surface area contributed by atoms with Crippen LogP contribution in [0.4, 0.5) is 5.69 Å². The van der Waals surface area contributed by atoms with Gasteiger partial charge in [-0.05, 0) is 24.6 Å². The highest BCUT2D eigenvalue weighted by molar-refractivity contribution is 6.32. The number of rotatable bonds is 8. The molecule has 110 valence electrons. The average Bonchev–Trinajstić information content (AvgIpc) is 2.43. The van der Waals surface area contributed by atoms with E-state index in [0.29, 0.717) is 36.5 Å². The van der Waals surface area contributed by atoms with Gasteiger partial charge in [0.25, 0.3) is 0 Å². The van der Waals surface area contributed by atoms with E-state index in [0.717, 1.165) is 12.1 Å². The second-order valence-electron chi connectivity index (χ2n) is 3.93. The number of anilines is 1. The van der Waals surface area contributed by atoms with Gasteiger partial charge in [-0.3, -0.25) is 4.99 Å². The van der Waals surface area contributed by atoms with Crippen LogP contribution >= 0.6 is 11.6 Å². The van der Waals surface area contributed by atoms with E-state index in [-0.39, 0.29) is 0 Å². The van der Waals surface area contributed by atoms with Crippen LogP contribution in [-0.2, 0) is 4.74 Å². The van der Waals surface area contributed by atoms with Crippen molar-refractivity contribution in [3.63, 3.8) is 0 Å². The first kappa shape index (κ1) is 16.3. The van der Waals surface area contributed by atoms with Gasteiger partial charge < -0.3 is 20.5 Å². The van der Waals surface area contributed by atoms with Crippen molar-refractivity contribution in [2.75, 3.05) is 32.2 Å². The lowest BCUT2D eigenvalue weighted by Gasteiger charge is -2.08. The maximum absolute atomic E-state index is 6.01. The molecule has 20 heavy (non-hydrogen) atoms. The molecule has 0 aliphatic heterocycles. The van der Waals surface area contributed by atoms with E-state index in [1.54, 1.807) is 19.2 Å². The van der Waals surface area contributed by atoms with Gasteiger partial charge in [0.15, 0.2) is 5.96 Å². The van der Waals surface area contributed by atoms with E-state index >= 15 is 0 Å². The molecule has 0 spiro atoms. The summed E-state index contributed by atoms with van der Waals surface area (Å²) in [5.41, 5.74) is 6.51. The quantitative estimate of drug-likeness (QED) is 0.335. The van der Waals surface area contributed by atoms with Crippen molar-refractivity contribution >= 4 is 23.2 Å². The van der Waals surface area contributed by atoms with Crippen molar-refractivity contribution < 1.29 is 9.47 Å². The number of guanidine groups is 1. The number of nitrogens with zero attached hydrogens (tertiary/aromatic N) is 1. The topological polar surface area (TPSA) is 68.9 Å². The summed E-state index contributed by atoms with van der Waals surface area (Å²) in [7, 11) is 1.57. The van der Waals surface area contributed by atoms with Crippen LogP contribution in [0.15, 0.2) is 35.8 Å². The van der Waals surface area contributed by atoms with Crippen LogP contribution in [0.2, 0.25) is 5.02 Å². The molecule has 0 saturated carbocycles. The summed E-state index contributed by atoms with van der Waals surface area (Å²) in [6, 6.07) is 5.30. The van der Waals surface area contributed by atoms with Gasteiger partial charge in [0.2, 0.25) is 0 Å². The Kier molecular flexibility index (Phi) is 7.54. The summed E-state index contributed by atoms with van der Waals surface area (Å²) >= 11 is 6.01. The fourth-order valence-electron chi connectivity index (χ4n) is 1.43. The van der Waals surface area contributed by atoms with Gasteiger partial charge in [0.05, 0.1) is 31.9 Å². The molecule has 0 fully saturated rings. The van der Waals surface area contributed by atoms with E-state index in [2.05, 4.69) is 16.9 Å². The van der Waals surface area contributed by atoms with Gasteiger partial charge in [0, 0.05) is 5.69 Å². The van der Waals surface area contributed by atoms with Crippen LogP contribution < -0.4 is 15.8 Å². The zero-order valence-electron chi connectivity index (χ0n) is 11.6. The highest BCUT2D eigenvalue weighted by Crippen LogP contribution is 2.26. The third-order valence-electron chi connectivity index (χ3n) is 2.41. The first-order chi connectivity index (χ1) is 9.67. The normalized spacial score (nSPS) is 11.2. The summed E-state index contributed by atoms with van der Waals surface area (Å²) in [4.78, 5) is 4.15. The summed E-state index contributed by atoms with van der Waals surface area (Å²) < 4.78 is 10.4. The van der Waals surface area contributed by atoms with Crippen molar-refractivity contribution in [3.8, 4) is 5.75 Å². The van der Waals surface area contributed by atoms with E-state index in [9.17, 15) is 0 Å². The fourth-order valence-corrected chi connectivity index (χ4v) is 1.69. The molecule has 0 aliphatic carbocycles. The molecular weight excluding hydrogens is 278 g/mol. The van der Waals surface area contributed by atoms with E-state index in [1.807, 2.05) is 12.1 Å². The maximum Gasteiger partial charge on any atom is 0.193 e. The molecule has 0 aromatic heterocycles. The molecule has 1 aromatic rings. The minimum atomic E-state index is 0.318. The Morgan fingerprint density at radius 2 is 2.30 bits per heavy atom. The summed E-state index contributed by atoms with van der Waals surface area (Å²) in [6.07, 6.45) is 2.65. The largest absolute Gasteiger partial charge is 0.495 e. The third kappa shape index (κ3) is 5.95. The molecule has 0 amide bonds. The SMILES string of the molecule is C=CCCOCCN=C(N)Nc1ccc(OC)c(Cl)c1. The molecule has 0 heterocycles. The first-order valence-corrected chi connectivity index (χ1v) is 6.64. The Bertz CT molecular complexity index is 464. The number of nitrogens with two attached hydrogens (primary N) is 1. The zero-order chi connectivity index (χ0) is 14.8. The van der Waals surface area contributed by atoms with Gasteiger partial charge in [-0.1, -0.05) is 17.7 Å². The molecule has 0 aliphatic rings. The number of nitrogens with one attached hydrogen (secondary N) is 1. The lowest BCUT2D eigenvalue weighted by Crippen LogP contribution is -2.23. The van der Waals surface area contributed by atoms with Gasteiger partial charge in [-0.25, -0.2) is 0 Å². The van der Waals surface area contributed by atoms with E-state index in [4.69, 9.17) is 26.8 Å². The number of benzene rings is 1. The number of hydrogen-bond acceptors (Lipinski definition) is 3. The Morgan fingerprint density at radius 1 is 1.50 bits per heavy atom. The Hall–Kier alpha value is -1.72. The number of ether oxygens (including phenoxy) is 2. The predicted molar refractivity (Wildman–Crippen MR) is 83.7 cm³/mol. The molecule has 3 N–H and O–H groups in total. The Labute approximate surface area is 124 Å². The van der Waals surface area contributed by atoms with Gasteiger partial charge in [-0.2, -0.15) is 0 Å². The average molecular weight is 298 g/mol. The van der Waals surface area contributed by atoms with Gasteiger partial charge in [-0.15, -0.1) is 6.58 Å². The lowest BCUT2D eigenvalue weighted by atomic mass is 10.3. The molecule has 6 heteroatoms. The summed E-state index contributed by atoms with van der Waals surface area (Å²) in [5, 5.41) is 3.46. The first-order valence-electron chi connectivity index (χ1n) is 6.26. The Morgan fingerprint density at radius 3 is 2.95 bits per heavy atom. The summed E-state index contributed by atoms with van der Waals surface area (Å²) in [5.74, 6) is 0.932. The highest BCUT2D eigenvalue weighted by Gasteiger charge is 2.02. The molecule has 5 nitrogen and oxygen atoms in total. The second kappa shape index (κ2) is 9.23. The second-order valence-corrected chi connectivity index (χ2v) is 4.34. The predicted octanol–water partition coefficient (Wildman–Crippen LogP) is 2.67. The van der Waals surface area contributed by atoms with Crippen molar-refractivity contribution in [1.29, 1.82) is 0 Å². The molecule has 0 bridgehead atoms. The van der Waals surface area contributed by atoms with Crippen LogP contribution in [0.1, 0.15) is 6.42 Å². The van der Waals surface area contributed by atoms with E-state index < -0.39 is 0 Å². The molecular formula is C14H20ClN3O2. The number of methoxy groups -OCH3 is 1. The van der Waals surface area contributed by atoms with Crippen molar-refractivity contribution in [3.05, 3.63) is 35.9 Å². The minimum absolute atomic E-state index is 0.318. The zero-order valence-corrected chi connectivity index (χ0v) is 12.3. The third-order valence-corrected chi connectivity index (χ3v) is 2.70. The number of halogens is 1. The lowest BCUT2D eigenvalue weighted by molar-refractivity contribution is 0.146. The molecule has 0 saturated heterocycles. The van der Waals surface area contributed by atoms with Crippen LogP contribution in [-0.4, -0.2) is 32.8 Å². The Balaban J connectivity index is 2.39. The van der Waals surface area contributed by atoms with Crippen molar-refractivity contribution in [2.45, 2.75) is 6.42 Å². The molecule has 0 radical (unpaired) electrons. The molecule has 1 rings (SSSR count). The van der Waals surface area contributed by atoms with E-state index in [1.165, 1.54) is 0 Å². The highest BCUT2D eigenvalue weighted by atomic mass is 35.5. The van der Waals surface area contributed by atoms with Crippen LogP contribution in [0.25, 0.3) is 0 Å². The van der Waals surface area contributed by atoms with Crippen LogP contribution in [0.5, 0.6) is 5.75 Å². The van der Waals surface area contributed by atoms with Gasteiger partial charge in [0.1, 0.15) is 5.75 Å². The minimum Gasteiger partial charge on any atom is -0.495 e. The smallest absolute Gasteiger partial charge is 0.193 e. The van der Waals surface area contributed by atoms with Crippen molar-refractivity contribution in [2.24, 2.45) is 10.7 Å². The molecule has 0 unspecified atom stereocenters. The van der Waals surface area contributed by atoms with Crippen LogP contribution in [0.3, 0.4) is 0 Å². The van der Waals surface area contributed by atoms with Gasteiger partial charge >= 0.3 is 0 Å².